The summed E-state index contributed by atoms with van der Waals surface area (Å²) in [5.74, 6) is 0.739. The molecule has 1 aliphatic heterocycles. The van der Waals surface area contributed by atoms with Crippen LogP contribution >= 0.6 is 0 Å². The first kappa shape index (κ1) is 18.4. The Morgan fingerprint density at radius 3 is 2.93 bits per heavy atom. The molecule has 4 rings (SSSR count). The first-order chi connectivity index (χ1) is 13.7. The lowest BCUT2D eigenvalue weighted by Crippen LogP contribution is -2.39. The lowest BCUT2D eigenvalue weighted by Gasteiger charge is -2.25. The van der Waals surface area contributed by atoms with Gasteiger partial charge >= 0.3 is 0 Å². The van der Waals surface area contributed by atoms with E-state index in [1.165, 1.54) is 0 Å². The normalized spacial score (nSPS) is 16.4. The van der Waals surface area contributed by atoms with E-state index in [4.69, 9.17) is 9.47 Å². The van der Waals surface area contributed by atoms with Crippen molar-refractivity contribution < 1.29 is 14.3 Å². The number of carbonyl (C=O) groups is 1. The Morgan fingerprint density at radius 2 is 2.21 bits per heavy atom. The van der Waals surface area contributed by atoms with Crippen molar-refractivity contribution in [1.82, 2.24) is 19.5 Å². The maximum absolute atomic E-state index is 13.2. The summed E-state index contributed by atoms with van der Waals surface area (Å²) in [4.78, 5) is 19.3. The van der Waals surface area contributed by atoms with Crippen molar-refractivity contribution in [2.24, 2.45) is 0 Å². The summed E-state index contributed by atoms with van der Waals surface area (Å²) < 4.78 is 12.6. The summed E-state index contributed by atoms with van der Waals surface area (Å²) >= 11 is 0. The molecule has 1 amide bonds. The van der Waals surface area contributed by atoms with E-state index in [0.29, 0.717) is 24.4 Å². The summed E-state index contributed by atoms with van der Waals surface area (Å²) in [6.45, 7) is 1.95. The zero-order valence-corrected chi connectivity index (χ0v) is 16.0. The molecule has 1 atom stereocenters. The maximum Gasteiger partial charge on any atom is 0.274 e. The first-order valence-electron chi connectivity index (χ1n) is 9.57. The van der Waals surface area contributed by atoms with Gasteiger partial charge in [-0.1, -0.05) is 12.1 Å². The van der Waals surface area contributed by atoms with Crippen LogP contribution in [0.15, 0.2) is 48.8 Å². The monoisotopic (exact) mass is 380 g/mol. The van der Waals surface area contributed by atoms with Crippen LogP contribution in [0.3, 0.4) is 0 Å². The molecule has 0 N–H and O–H groups in total. The third kappa shape index (κ3) is 4.14. The van der Waals surface area contributed by atoms with E-state index in [0.717, 1.165) is 37.2 Å². The SMILES string of the molecule is COc1ccc(CCN(C[C@@H]2CCCO2)C(=O)c2cc3ncccn3n2)cc1. The van der Waals surface area contributed by atoms with Gasteiger partial charge in [0, 0.05) is 38.2 Å². The Bertz CT molecular complexity index is 899. The smallest absolute Gasteiger partial charge is 0.274 e. The van der Waals surface area contributed by atoms with Crippen LogP contribution in [-0.4, -0.2) is 58.3 Å². The highest BCUT2D eigenvalue weighted by Gasteiger charge is 2.25. The van der Waals surface area contributed by atoms with Gasteiger partial charge in [-0.3, -0.25) is 4.79 Å². The third-order valence-electron chi connectivity index (χ3n) is 5.02. The zero-order chi connectivity index (χ0) is 19.3. The molecule has 3 aromatic rings. The van der Waals surface area contributed by atoms with Crippen LogP contribution in [0.4, 0.5) is 0 Å². The zero-order valence-electron chi connectivity index (χ0n) is 16.0. The maximum atomic E-state index is 13.2. The van der Waals surface area contributed by atoms with Gasteiger partial charge in [0.05, 0.1) is 13.2 Å². The van der Waals surface area contributed by atoms with Crippen molar-refractivity contribution >= 4 is 11.6 Å². The Balaban J connectivity index is 1.50. The molecule has 1 aromatic carbocycles. The minimum atomic E-state index is -0.0884. The third-order valence-corrected chi connectivity index (χ3v) is 5.02. The topological polar surface area (TPSA) is 69.0 Å². The van der Waals surface area contributed by atoms with Crippen LogP contribution in [0.5, 0.6) is 5.75 Å². The van der Waals surface area contributed by atoms with Crippen molar-refractivity contribution in [1.29, 1.82) is 0 Å². The molecule has 7 nitrogen and oxygen atoms in total. The van der Waals surface area contributed by atoms with Gasteiger partial charge in [-0.15, -0.1) is 0 Å². The number of hydrogen-bond donors (Lipinski definition) is 0. The van der Waals surface area contributed by atoms with Crippen molar-refractivity contribution in [2.75, 3.05) is 26.8 Å². The van der Waals surface area contributed by atoms with Gasteiger partial charge in [-0.05, 0) is 43.0 Å². The molecule has 0 bridgehead atoms. The number of hydrogen-bond acceptors (Lipinski definition) is 5. The minimum Gasteiger partial charge on any atom is -0.497 e. The molecule has 2 aromatic heterocycles. The van der Waals surface area contributed by atoms with E-state index < -0.39 is 0 Å². The molecular formula is C21H24N4O3. The highest BCUT2D eigenvalue weighted by atomic mass is 16.5. The molecule has 0 saturated carbocycles. The number of aromatic nitrogens is 3. The number of benzene rings is 1. The number of amides is 1. The number of methoxy groups -OCH3 is 1. The van der Waals surface area contributed by atoms with Gasteiger partial charge in [0.15, 0.2) is 11.3 Å². The second kappa shape index (κ2) is 8.39. The first-order valence-corrected chi connectivity index (χ1v) is 9.57. The molecule has 1 saturated heterocycles. The van der Waals surface area contributed by atoms with Gasteiger partial charge in [-0.2, -0.15) is 5.10 Å². The van der Waals surface area contributed by atoms with E-state index in [-0.39, 0.29) is 12.0 Å². The lowest BCUT2D eigenvalue weighted by atomic mass is 10.1. The molecule has 7 heteroatoms. The van der Waals surface area contributed by atoms with Gasteiger partial charge in [0.25, 0.3) is 5.91 Å². The Morgan fingerprint density at radius 1 is 1.36 bits per heavy atom. The van der Waals surface area contributed by atoms with E-state index in [9.17, 15) is 4.79 Å². The number of fused-ring (bicyclic) bond motifs is 1. The van der Waals surface area contributed by atoms with Gasteiger partial charge in [0.1, 0.15) is 5.75 Å². The fourth-order valence-electron chi connectivity index (χ4n) is 3.46. The van der Waals surface area contributed by atoms with Crippen LogP contribution in [0.1, 0.15) is 28.9 Å². The lowest BCUT2D eigenvalue weighted by molar-refractivity contribution is 0.0524. The Kier molecular flexibility index (Phi) is 5.53. The highest BCUT2D eigenvalue weighted by molar-refractivity contribution is 5.93. The van der Waals surface area contributed by atoms with Crippen LogP contribution in [0, 0.1) is 0 Å². The predicted octanol–water partition coefficient (Wildman–Crippen LogP) is 2.60. The highest BCUT2D eigenvalue weighted by Crippen LogP contribution is 2.17. The predicted molar refractivity (Wildman–Crippen MR) is 105 cm³/mol. The average Bonchev–Trinajstić information content (AvgIpc) is 3.40. The molecule has 0 unspecified atom stereocenters. The molecule has 0 aliphatic carbocycles. The molecule has 146 valence electrons. The minimum absolute atomic E-state index is 0.0884. The number of carbonyl (C=O) groups excluding carboxylic acids is 1. The van der Waals surface area contributed by atoms with E-state index in [1.54, 1.807) is 36.2 Å². The molecule has 1 aliphatic rings. The van der Waals surface area contributed by atoms with Crippen molar-refractivity contribution in [3.63, 3.8) is 0 Å². The van der Waals surface area contributed by atoms with Crippen LogP contribution in [0.25, 0.3) is 5.65 Å². The van der Waals surface area contributed by atoms with E-state index >= 15 is 0 Å². The van der Waals surface area contributed by atoms with Gasteiger partial charge in [0.2, 0.25) is 0 Å². The molecule has 0 spiro atoms. The summed E-state index contributed by atoms with van der Waals surface area (Å²) in [5, 5.41) is 4.39. The summed E-state index contributed by atoms with van der Waals surface area (Å²) in [7, 11) is 1.65. The largest absolute Gasteiger partial charge is 0.497 e. The molecule has 28 heavy (non-hydrogen) atoms. The van der Waals surface area contributed by atoms with Gasteiger partial charge in [-0.25, -0.2) is 9.50 Å². The van der Waals surface area contributed by atoms with Gasteiger partial charge < -0.3 is 14.4 Å². The quantitative estimate of drug-likeness (QED) is 0.630. The van der Waals surface area contributed by atoms with Crippen molar-refractivity contribution in [2.45, 2.75) is 25.4 Å². The fraction of sp³-hybridized carbons (Fsp3) is 0.381. The van der Waals surface area contributed by atoms with Crippen molar-refractivity contribution in [3.8, 4) is 5.75 Å². The van der Waals surface area contributed by atoms with Crippen LogP contribution in [0.2, 0.25) is 0 Å². The summed E-state index contributed by atoms with van der Waals surface area (Å²) in [6, 6.07) is 11.5. The standard InChI is InChI=1S/C21H24N4O3/c1-27-17-7-5-16(6-8-17)9-12-24(15-18-4-2-13-28-18)21(26)19-14-20-22-10-3-11-25(20)23-19/h3,5-8,10-11,14,18H,2,4,9,12-13,15H2,1H3/t18-/m0/s1. The molecule has 1 fully saturated rings. The Labute approximate surface area is 163 Å². The summed E-state index contributed by atoms with van der Waals surface area (Å²) in [5.41, 5.74) is 2.23. The summed E-state index contributed by atoms with van der Waals surface area (Å²) in [6.07, 6.45) is 6.37. The van der Waals surface area contributed by atoms with Crippen molar-refractivity contribution in [3.05, 3.63) is 60.0 Å². The second-order valence-electron chi connectivity index (χ2n) is 6.94. The van der Waals surface area contributed by atoms with E-state index in [2.05, 4.69) is 10.1 Å². The molecule has 0 radical (unpaired) electrons. The molecule has 3 heterocycles. The number of ether oxygens (including phenoxy) is 2. The van der Waals surface area contributed by atoms with Crippen LogP contribution < -0.4 is 4.74 Å². The second-order valence-corrected chi connectivity index (χ2v) is 6.94. The van der Waals surface area contributed by atoms with Crippen LogP contribution in [-0.2, 0) is 11.2 Å². The number of rotatable bonds is 7. The number of nitrogens with zero attached hydrogens (tertiary/aromatic N) is 4. The Hall–Kier alpha value is -2.93. The fourth-order valence-corrected chi connectivity index (χ4v) is 3.46. The van der Waals surface area contributed by atoms with E-state index in [1.807, 2.05) is 29.2 Å². The average molecular weight is 380 g/mol. The molecular weight excluding hydrogens is 356 g/mol.